The summed E-state index contributed by atoms with van der Waals surface area (Å²) in [6.07, 6.45) is 2.47. The van der Waals surface area contributed by atoms with Gasteiger partial charge in [-0.1, -0.05) is 24.2 Å². The van der Waals surface area contributed by atoms with Crippen LogP contribution in [0.5, 0.6) is 0 Å². The number of benzene rings is 1. The van der Waals surface area contributed by atoms with Gasteiger partial charge in [0, 0.05) is 36.9 Å². The topological polar surface area (TPSA) is 49.8 Å². The van der Waals surface area contributed by atoms with Crippen molar-refractivity contribution in [2.45, 2.75) is 30.6 Å². The number of aromatic nitrogens is 2. The maximum Gasteiger partial charge on any atom is 0.416 e. The average Bonchev–Trinajstić information content (AvgIpc) is 2.64. The highest BCUT2D eigenvalue weighted by atomic mass is 32.2. The van der Waals surface area contributed by atoms with Gasteiger partial charge < -0.3 is 10.6 Å². The molecule has 0 aliphatic heterocycles. The molecule has 1 heterocycles. The van der Waals surface area contributed by atoms with Crippen LogP contribution in [-0.4, -0.2) is 35.4 Å². The maximum absolute atomic E-state index is 12.6. The number of anilines is 1. The molecule has 0 unspecified atom stereocenters. The molecule has 2 rings (SSSR count). The first-order valence-corrected chi connectivity index (χ1v) is 9.56. The second-order valence-electron chi connectivity index (χ2n) is 5.70. The molecule has 1 aromatic heterocycles. The molecule has 1 aromatic carbocycles. The Bertz CT molecular complexity index is 638. The number of alkyl halides is 3. The minimum absolute atomic E-state index is 0.488. The van der Waals surface area contributed by atoms with E-state index >= 15 is 0 Å². The summed E-state index contributed by atoms with van der Waals surface area (Å²) in [5.74, 6) is 1.00. The molecule has 0 atom stereocenters. The zero-order valence-electron chi connectivity index (χ0n) is 14.4. The minimum atomic E-state index is -4.30. The molecule has 2 N–H and O–H groups in total. The highest BCUT2D eigenvalue weighted by Gasteiger charge is 2.30. The van der Waals surface area contributed by atoms with Crippen molar-refractivity contribution < 1.29 is 13.2 Å². The highest BCUT2D eigenvalue weighted by molar-refractivity contribution is 7.99. The number of hydrogen-bond donors (Lipinski definition) is 2. The molecule has 142 valence electrons. The fourth-order valence-corrected chi connectivity index (χ4v) is 3.08. The molecular weight excluding hydrogens is 361 g/mol. The van der Waals surface area contributed by atoms with E-state index in [1.807, 2.05) is 0 Å². The van der Waals surface area contributed by atoms with Crippen molar-refractivity contribution in [2.75, 3.05) is 30.7 Å². The number of halogens is 3. The van der Waals surface area contributed by atoms with E-state index in [1.54, 1.807) is 36.3 Å². The largest absolute Gasteiger partial charge is 0.416 e. The molecule has 0 amide bonds. The summed E-state index contributed by atoms with van der Waals surface area (Å²) in [4.78, 5) is 8.32. The monoisotopic (exact) mass is 384 g/mol. The van der Waals surface area contributed by atoms with Crippen molar-refractivity contribution >= 4 is 17.4 Å². The summed E-state index contributed by atoms with van der Waals surface area (Å²) in [6, 6.07) is 7.07. The van der Waals surface area contributed by atoms with E-state index in [9.17, 15) is 13.2 Å². The Balaban J connectivity index is 1.47. The van der Waals surface area contributed by atoms with Crippen LogP contribution in [0.25, 0.3) is 0 Å². The van der Waals surface area contributed by atoms with Gasteiger partial charge in [-0.25, -0.2) is 9.97 Å². The zero-order chi connectivity index (χ0) is 18.7. The van der Waals surface area contributed by atoms with E-state index in [0.717, 1.165) is 48.8 Å². The molecule has 0 saturated carbocycles. The lowest BCUT2D eigenvalue weighted by Crippen LogP contribution is -2.23. The first kappa shape index (κ1) is 20.5. The van der Waals surface area contributed by atoms with Crippen molar-refractivity contribution in [1.29, 1.82) is 0 Å². The Morgan fingerprint density at radius 3 is 2.50 bits per heavy atom. The maximum atomic E-state index is 12.6. The second-order valence-corrected chi connectivity index (χ2v) is 6.76. The van der Waals surface area contributed by atoms with Crippen LogP contribution in [0.2, 0.25) is 0 Å². The summed E-state index contributed by atoms with van der Waals surface area (Å²) in [7, 11) is 0. The van der Waals surface area contributed by atoms with Crippen LogP contribution in [0, 0.1) is 0 Å². The molecule has 8 heteroatoms. The lowest BCUT2D eigenvalue weighted by atomic mass is 10.2. The summed E-state index contributed by atoms with van der Waals surface area (Å²) in [5.41, 5.74) is -0.143. The van der Waals surface area contributed by atoms with Gasteiger partial charge in [0.1, 0.15) is 0 Å². The Morgan fingerprint density at radius 1 is 0.923 bits per heavy atom. The lowest BCUT2D eigenvalue weighted by molar-refractivity contribution is -0.137. The van der Waals surface area contributed by atoms with Gasteiger partial charge in [0.2, 0.25) is 0 Å². The van der Waals surface area contributed by atoms with Gasteiger partial charge >= 0.3 is 6.18 Å². The Hall–Kier alpha value is -1.80. The Kier molecular flexibility index (Phi) is 8.70. The van der Waals surface area contributed by atoms with Crippen molar-refractivity contribution in [2.24, 2.45) is 0 Å². The number of nitrogens with one attached hydrogen (secondary N) is 2. The van der Waals surface area contributed by atoms with Crippen LogP contribution in [0.3, 0.4) is 0 Å². The van der Waals surface area contributed by atoms with E-state index in [4.69, 9.17) is 0 Å². The van der Waals surface area contributed by atoms with Crippen LogP contribution >= 0.6 is 11.8 Å². The van der Waals surface area contributed by atoms with Crippen molar-refractivity contribution in [3.63, 3.8) is 0 Å². The van der Waals surface area contributed by atoms with Gasteiger partial charge in [0.15, 0.2) is 5.16 Å². The van der Waals surface area contributed by atoms with E-state index in [-0.39, 0.29) is 0 Å². The van der Waals surface area contributed by atoms with E-state index in [1.165, 1.54) is 6.07 Å². The standard InChI is InChI=1S/C18H23F3N4S/c19-18(20,21)15-6-4-7-16(14-15)23-12-11-22-8-2-1-3-13-26-17-24-9-5-10-25-17/h4-7,9-10,14,22-23H,1-3,8,11-13H2. The van der Waals surface area contributed by atoms with Gasteiger partial charge in [-0.3, -0.25) is 0 Å². The molecule has 0 spiro atoms. The van der Waals surface area contributed by atoms with E-state index < -0.39 is 11.7 Å². The summed E-state index contributed by atoms with van der Waals surface area (Å²) in [6.45, 7) is 2.20. The molecule has 0 bridgehead atoms. The van der Waals surface area contributed by atoms with Crippen molar-refractivity contribution in [1.82, 2.24) is 15.3 Å². The summed E-state index contributed by atoms with van der Waals surface area (Å²) >= 11 is 1.66. The average molecular weight is 384 g/mol. The summed E-state index contributed by atoms with van der Waals surface area (Å²) in [5, 5.41) is 7.11. The normalized spacial score (nSPS) is 11.5. The lowest BCUT2D eigenvalue weighted by Gasteiger charge is -2.11. The Morgan fingerprint density at radius 2 is 1.73 bits per heavy atom. The fourth-order valence-electron chi connectivity index (χ4n) is 2.28. The van der Waals surface area contributed by atoms with Crippen LogP contribution in [0.15, 0.2) is 47.9 Å². The molecule has 26 heavy (non-hydrogen) atoms. The van der Waals surface area contributed by atoms with E-state index in [2.05, 4.69) is 20.6 Å². The third kappa shape index (κ3) is 8.05. The molecule has 0 aliphatic rings. The number of hydrogen-bond acceptors (Lipinski definition) is 5. The van der Waals surface area contributed by atoms with Crippen molar-refractivity contribution in [3.05, 3.63) is 48.3 Å². The number of unbranched alkanes of at least 4 members (excludes halogenated alkanes) is 2. The third-order valence-electron chi connectivity index (χ3n) is 3.59. The van der Waals surface area contributed by atoms with Crippen LogP contribution in [0.1, 0.15) is 24.8 Å². The smallest absolute Gasteiger partial charge is 0.384 e. The first-order valence-electron chi connectivity index (χ1n) is 8.57. The molecular formula is C18H23F3N4S. The van der Waals surface area contributed by atoms with Gasteiger partial charge in [-0.15, -0.1) is 0 Å². The summed E-state index contributed by atoms with van der Waals surface area (Å²) < 4.78 is 37.9. The zero-order valence-corrected chi connectivity index (χ0v) is 15.2. The molecule has 0 aliphatic carbocycles. The third-order valence-corrected chi connectivity index (χ3v) is 4.55. The van der Waals surface area contributed by atoms with Gasteiger partial charge in [0.25, 0.3) is 0 Å². The van der Waals surface area contributed by atoms with Gasteiger partial charge in [-0.05, 0) is 43.7 Å². The first-order chi connectivity index (χ1) is 12.6. The van der Waals surface area contributed by atoms with E-state index in [0.29, 0.717) is 18.8 Å². The van der Waals surface area contributed by atoms with Crippen LogP contribution < -0.4 is 10.6 Å². The second kappa shape index (κ2) is 11.0. The molecule has 2 aromatic rings. The number of thioether (sulfide) groups is 1. The van der Waals surface area contributed by atoms with Crippen LogP contribution in [-0.2, 0) is 6.18 Å². The molecule has 0 radical (unpaired) electrons. The molecule has 4 nitrogen and oxygen atoms in total. The molecule has 0 fully saturated rings. The SMILES string of the molecule is FC(F)(F)c1cccc(NCCNCCCCCSc2ncccn2)c1. The Labute approximate surface area is 156 Å². The number of nitrogens with zero attached hydrogens (tertiary/aromatic N) is 2. The van der Waals surface area contributed by atoms with Gasteiger partial charge in [-0.2, -0.15) is 13.2 Å². The predicted octanol–water partition coefficient (Wildman–Crippen LogP) is 4.46. The predicted molar refractivity (Wildman–Crippen MR) is 99.4 cm³/mol. The van der Waals surface area contributed by atoms with Gasteiger partial charge in [0.05, 0.1) is 5.56 Å². The molecule has 0 saturated heterocycles. The quantitative estimate of drug-likeness (QED) is 0.340. The fraction of sp³-hybridized carbons (Fsp3) is 0.444. The number of rotatable bonds is 11. The van der Waals surface area contributed by atoms with Crippen LogP contribution in [0.4, 0.5) is 18.9 Å². The minimum Gasteiger partial charge on any atom is -0.384 e. The highest BCUT2D eigenvalue weighted by Crippen LogP contribution is 2.30. The van der Waals surface area contributed by atoms with Crippen molar-refractivity contribution in [3.8, 4) is 0 Å².